The van der Waals surface area contributed by atoms with Gasteiger partial charge in [0.05, 0.1) is 24.0 Å². The van der Waals surface area contributed by atoms with Crippen molar-refractivity contribution in [3.8, 4) is 5.69 Å². The molecule has 6 heteroatoms. The molecule has 1 heterocycles. The van der Waals surface area contributed by atoms with Crippen LogP contribution < -0.4 is 0 Å². The van der Waals surface area contributed by atoms with E-state index in [2.05, 4.69) is 23.9 Å². The third-order valence-electron chi connectivity index (χ3n) is 5.40. The molecular weight excluding hydrogens is 354 g/mol. The third-order valence-corrected chi connectivity index (χ3v) is 5.40. The number of esters is 1. The Morgan fingerprint density at radius 3 is 2.68 bits per heavy atom. The van der Waals surface area contributed by atoms with Gasteiger partial charge >= 0.3 is 5.97 Å². The maximum atomic E-state index is 12.6. The highest BCUT2D eigenvalue weighted by atomic mass is 16.6. The van der Waals surface area contributed by atoms with Crippen molar-refractivity contribution in [2.45, 2.75) is 39.1 Å². The fraction of sp³-hybridized carbons (Fsp3) is 0.318. The van der Waals surface area contributed by atoms with E-state index < -0.39 is 0 Å². The topological polar surface area (TPSA) is 66.2 Å². The summed E-state index contributed by atoms with van der Waals surface area (Å²) in [4.78, 5) is 16.6. The number of rotatable bonds is 6. The normalized spacial score (nSPS) is 20.4. The Kier molecular flexibility index (Phi) is 4.96. The van der Waals surface area contributed by atoms with Crippen molar-refractivity contribution >= 4 is 5.97 Å². The summed E-state index contributed by atoms with van der Waals surface area (Å²) < 4.78 is 13.4. The summed E-state index contributed by atoms with van der Waals surface area (Å²) in [6, 6.07) is 17.3. The molecule has 28 heavy (non-hydrogen) atoms. The minimum absolute atomic E-state index is 0.0620. The van der Waals surface area contributed by atoms with E-state index in [1.807, 2.05) is 42.5 Å². The second kappa shape index (κ2) is 7.56. The third kappa shape index (κ3) is 3.68. The molecule has 3 aromatic rings. The lowest BCUT2D eigenvalue weighted by Gasteiger charge is -2.50. The first-order valence-corrected chi connectivity index (χ1v) is 9.35. The monoisotopic (exact) mass is 377 g/mol. The molecule has 0 N–H and O–H groups in total. The summed E-state index contributed by atoms with van der Waals surface area (Å²) in [5, 5.41) is 4.09. The van der Waals surface area contributed by atoms with Crippen molar-refractivity contribution in [2.24, 2.45) is 5.41 Å². The van der Waals surface area contributed by atoms with Crippen molar-refractivity contribution in [3.05, 3.63) is 78.4 Å². The second-order valence-electron chi connectivity index (χ2n) is 7.63. The minimum atomic E-state index is -0.332. The highest BCUT2D eigenvalue weighted by molar-refractivity contribution is 5.90. The first kappa shape index (κ1) is 18.4. The Morgan fingerprint density at radius 2 is 1.96 bits per heavy atom. The molecule has 0 radical (unpaired) electrons. The number of aromatic nitrogens is 3. The number of carbonyl (C=O) groups excluding carboxylic acids is 1. The predicted octanol–water partition coefficient (Wildman–Crippen LogP) is 3.81. The molecule has 1 aromatic heterocycles. The van der Waals surface area contributed by atoms with Gasteiger partial charge in [-0.3, -0.25) is 0 Å². The van der Waals surface area contributed by atoms with E-state index in [0.29, 0.717) is 18.6 Å². The molecule has 0 amide bonds. The van der Waals surface area contributed by atoms with E-state index in [1.165, 1.54) is 6.33 Å². The van der Waals surface area contributed by atoms with E-state index in [4.69, 9.17) is 9.47 Å². The molecule has 2 atom stereocenters. The van der Waals surface area contributed by atoms with Gasteiger partial charge in [-0.15, -0.1) is 0 Å². The number of carbonyl (C=O) groups is 1. The van der Waals surface area contributed by atoms with Gasteiger partial charge < -0.3 is 9.47 Å². The number of hydrogen-bond acceptors (Lipinski definition) is 5. The zero-order valence-electron chi connectivity index (χ0n) is 16.0. The SMILES string of the molecule is CC1(C)[C@@H](OC(=O)c2cccc(-n3cncn3)c2)C[C@H]1OCc1ccccc1. The van der Waals surface area contributed by atoms with Crippen LogP contribution in [0.2, 0.25) is 0 Å². The van der Waals surface area contributed by atoms with E-state index in [1.54, 1.807) is 23.1 Å². The van der Waals surface area contributed by atoms with E-state index >= 15 is 0 Å². The average Bonchev–Trinajstić information content (AvgIpc) is 3.26. The molecule has 0 spiro atoms. The van der Waals surface area contributed by atoms with Crippen molar-refractivity contribution in [1.29, 1.82) is 0 Å². The summed E-state index contributed by atoms with van der Waals surface area (Å²) in [6.45, 7) is 4.72. The summed E-state index contributed by atoms with van der Waals surface area (Å²) in [7, 11) is 0. The molecule has 6 nitrogen and oxygen atoms in total. The van der Waals surface area contributed by atoms with Crippen molar-refractivity contribution in [1.82, 2.24) is 14.8 Å². The van der Waals surface area contributed by atoms with Crippen LogP contribution in [0.25, 0.3) is 5.69 Å². The minimum Gasteiger partial charge on any atom is -0.458 e. The molecule has 144 valence electrons. The fourth-order valence-electron chi connectivity index (χ4n) is 3.42. The van der Waals surface area contributed by atoms with Gasteiger partial charge in [0, 0.05) is 11.8 Å². The molecular formula is C22H23N3O3. The van der Waals surface area contributed by atoms with Crippen LogP contribution in [0.3, 0.4) is 0 Å². The van der Waals surface area contributed by atoms with Crippen LogP contribution in [0.1, 0.15) is 36.2 Å². The molecule has 0 unspecified atom stereocenters. The molecule has 4 rings (SSSR count). The summed E-state index contributed by atoms with van der Waals surface area (Å²) in [6.07, 6.45) is 3.64. The lowest BCUT2D eigenvalue weighted by Crippen LogP contribution is -2.56. The van der Waals surface area contributed by atoms with Crippen LogP contribution in [0.5, 0.6) is 0 Å². The largest absolute Gasteiger partial charge is 0.458 e. The van der Waals surface area contributed by atoms with Crippen LogP contribution in [-0.2, 0) is 16.1 Å². The Labute approximate surface area is 164 Å². The highest BCUT2D eigenvalue weighted by Crippen LogP contribution is 2.45. The van der Waals surface area contributed by atoms with Crippen LogP contribution >= 0.6 is 0 Å². The zero-order chi connectivity index (χ0) is 19.6. The maximum absolute atomic E-state index is 12.6. The van der Waals surface area contributed by atoms with Crippen LogP contribution in [0.15, 0.2) is 67.3 Å². The molecule has 1 saturated carbocycles. The first-order valence-electron chi connectivity index (χ1n) is 9.35. The number of benzene rings is 2. The van der Waals surface area contributed by atoms with Crippen LogP contribution in [0, 0.1) is 5.41 Å². The number of ether oxygens (including phenoxy) is 2. The number of hydrogen-bond donors (Lipinski definition) is 0. The van der Waals surface area contributed by atoms with Crippen molar-refractivity contribution in [2.75, 3.05) is 0 Å². The quantitative estimate of drug-likeness (QED) is 0.611. The Morgan fingerprint density at radius 1 is 1.14 bits per heavy atom. The van der Waals surface area contributed by atoms with Gasteiger partial charge in [0.15, 0.2) is 0 Å². The van der Waals surface area contributed by atoms with Gasteiger partial charge in [-0.2, -0.15) is 5.10 Å². The molecule has 0 aliphatic heterocycles. The van der Waals surface area contributed by atoms with Gasteiger partial charge in [0.25, 0.3) is 0 Å². The van der Waals surface area contributed by atoms with Crippen molar-refractivity contribution < 1.29 is 14.3 Å². The van der Waals surface area contributed by atoms with E-state index in [-0.39, 0.29) is 23.6 Å². The summed E-state index contributed by atoms with van der Waals surface area (Å²) in [5.41, 5.74) is 2.18. The summed E-state index contributed by atoms with van der Waals surface area (Å²) in [5.74, 6) is -0.332. The maximum Gasteiger partial charge on any atom is 0.338 e. The van der Waals surface area contributed by atoms with E-state index in [0.717, 1.165) is 11.3 Å². The van der Waals surface area contributed by atoms with Gasteiger partial charge in [0.1, 0.15) is 18.8 Å². The lowest BCUT2D eigenvalue weighted by molar-refractivity contribution is -0.181. The smallest absolute Gasteiger partial charge is 0.338 e. The van der Waals surface area contributed by atoms with Crippen LogP contribution in [0.4, 0.5) is 0 Å². The highest BCUT2D eigenvalue weighted by Gasteiger charge is 2.51. The zero-order valence-corrected chi connectivity index (χ0v) is 16.0. The Bertz CT molecular complexity index is 939. The predicted molar refractivity (Wildman–Crippen MR) is 104 cm³/mol. The van der Waals surface area contributed by atoms with Crippen LogP contribution in [-0.4, -0.2) is 32.9 Å². The van der Waals surface area contributed by atoms with Gasteiger partial charge in [-0.25, -0.2) is 14.5 Å². The van der Waals surface area contributed by atoms with Gasteiger partial charge in [-0.05, 0) is 23.8 Å². The molecule has 0 bridgehead atoms. The molecule has 1 aliphatic carbocycles. The molecule has 1 fully saturated rings. The fourth-order valence-corrected chi connectivity index (χ4v) is 3.42. The molecule has 0 saturated heterocycles. The van der Waals surface area contributed by atoms with Gasteiger partial charge in [-0.1, -0.05) is 50.2 Å². The van der Waals surface area contributed by atoms with E-state index in [9.17, 15) is 4.79 Å². The Hall–Kier alpha value is -2.99. The van der Waals surface area contributed by atoms with Gasteiger partial charge in [0.2, 0.25) is 0 Å². The average molecular weight is 377 g/mol. The Balaban J connectivity index is 1.36. The second-order valence-corrected chi connectivity index (χ2v) is 7.63. The standard InChI is InChI=1S/C22H23N3O3/c1-22(2)19(27-13-16-7-4-3-5-8-16)12-20(22)28-21(26)17-9-6-10-18(11-17)25-15-23-14-24-25/h3-11,14-15,19-20H,12-13H2,1-2H3/t19-,20+/m1/s1. The summed E-state index contributed by atoms with van der Waals surface area (Å²) >= 11 is 0. The number of nitrogens with zero attached hydrogens (tertiary/aromatic N) is 3. The first-order chi connectivity index (χ1) is 13.5. The molecule has 1 aliphatic rings. The van der Waals surface area contributed by atoms with Crippen molar-refractivity contribution in [3.63, 3.8) is 0 Å². The lowest BCUT2D eigenvalue weighted by atomic mass is 9.66. The molecule has 2 aromatic carbocycles.